The molecule has 0 aromatic heterocycles. The van der Waals surface area contributed by atoms with E-state index >= 15 is 0 Å². The Morgan fingerprint density at radius 1 is 0.846 bits per heavy atom. The summed E-state index contributed by atoms with van der Waals surface area (Å²) in [4.78, 5) is 45.5. The van der Waals surface area contributed by atoms with Gasteiger partial charge in [0.05, 0.1) is 25.0 Å². The normalized spacial score (nSPS) is 17.4. The summed E-state index contributed by atoms with van der Waals surface area (Å²) in [5.41, 5.74) is 4.63. The Labute approximate surface area is 155 Å². The fourth-order valence-electron chi connectivity index (χ4n) is 2.62. The molecule has 0 bridgehead atoms. The number of carbonyl (C=O) groups is 3. The van der Waals surface area contributed by atoms with Crippen molar-refractivity contribution >= 4 is 17.7 Å². The number of hydrogen-bond donors (Lipinski definition) is 3. The average molecular weight is 371 g/mol. The lowest BCUT2D eigenvalue weighted by molar-refractivity contribution is -0.149. The van der Waals surface area contributed by atoms with Crippen molar-refractivity contribution in [2.45, 2.75) is 90.9 Å². The van der Waals surface area contributed by atoms with Crippen molar-refractivity contribution in [3.8, 4) is 0 Å². The van der Waals surface area contributed by atoms with Gasteiger partial charge in [-0.3, -0.25) is 24.1 Å². The molecule has 8 nitrogen and oxygen atoms in total. The van der Waals surface area contributed by atoms with Crippen LogP contribution in [0.2, 0.25) is 0 Å². The third kappa shape index (κ3) is 9.72. The summed E-state index contributed by atoms with van der Waals surface area (Å²) >= 11 is 0. The zero-order valence-corrected chi connectivity index (χ0v) is 16.3. The standard InChI is InChI=1S/C18H33N3O5/c1-12(2)18(24)21-26-14(4)11-17(23)20-25-13(3)10-16(22)19-15-8-6-5-7-9-15/h12-15H,5-11H2,1-4H3,(H,19,22)(H,20,23)(H,21,24)/t13-,14-/m1/s1. The van der Waals surface area contributed by atoms with Crippen molar-refractivity contribution in [3.63, 3.8) is 0 Å². The zero-order valence-electron chi connectivity index (χ0n) is 16.3. The number of carbonyl (C=O) groups excluding carboxylic acids is 3. The molecule has 1 saturated carbocycles. The average Bonchev–Trinajstić information content (AvgIpc) is 2.58. The first kappa shape index (κ1) is 22.4. The molecule has 26 heavy (non-hydrogen) atoms. The number of nitrogens with one attached hydrogen (secondary N) is 3. The Morgan fingerprint density at radius 2 is 1.38 bits per heavy atom. The summed E-state index contributed by atoms with van der Waals surface area (Å²) in [7, 11) is 0. The highest BCUT2D eigenvalue weighted by atomic mass is 16.7. The molecule has 0 heterocycles. The van der Waals surface area contributed by atoms with Crippen LogP contribution in [0.1, 0.15) is 72.6 Å². The molecule has 8 heteroatoms. The lowest BCUT2D eigenvalue weighted by Crippen LogP contribution is -2.39. The van der Waals surface area contributed by atoms with Gasteiger partial charge in [-0.1, -0.05) is 33.1 Å². The second kappa shape index (κ2) is 11.9. The molecule has 1 fully saturated rings. The molecular weight excluding hydrogens is 338 g/mol. The van der Waals surface area contributed by atoms with E-state index in [1.807, 2.05) is 0 Å². The summed E-state index contributed by atoms with van der Waals surface area (Å²) in [6, 6.07) is 0.261. The van der Waals surface area contributed by atoms with Crippen LogP contribution in [0.4, 0.5) is 0 Å². The van der Waals surface area contributed by atoms with E-state index in [2.05, 4.69) is 16.3 Å². The quantitative estimate of drug-likeness (QED) is 0.507. The van der Waals surface area contributed by atoms with Crippen molar-refractivity contribution in [2.75, 3.05) is 0 Å². The smallest absolute Gasteiger partial charge is 0.246 e. The number of rotatable bonds is 10. The summed E-state index contributed by atoms with van der Waals surface area (Å²) in [6.07, 6.45) is 4.90. The number of amides is 3. The Hall–Kier alpha value is -1.67. The molecule has 1 aliphatic rings. The van der Waals surface area contributed by atoms with Gasteiger partial charge in [0.1, 0.15) is 0 Å². The van der Waals surface area contributed by atoms with Crippen LogP contribution in [0, 0.1) is 5.92 Å². The molecule has 0 unspecified atom stereocenters. The second-order valence-corrected chi connectivity index (χ2v) is 7.31. The predicted molar refractivity (Wildman–Crippen MR) is 96.5 cm³/mol. The van der Waals surface area contributed by atoms with Gasteiger partial charge in [-0.25, -0.2) is 11.0 Å². The molecule has 3 amide bonds. The maximum Gasteiger partial charge on any atom is 0.246 e. The molecule has 1 rings (SSSR count). The van der Waals surface area contributed by atoms with Crippen LogP contribution in [-0.2, 0) is 24.1 Å². The van der Waals surface area contributed by atoms with Crippen molar-refractivity contribution in [2.24, 2.45) is 5.92 Å². The highest BCUT2D eigenvalue weighted by molar-refractivity contribution is 5.77. The minimum Gasteiger partial charge on any atom is -0.353 e. The first-order valence-electron chi connectivity index (χ1n) is 9.47. The molecule has 0 aromatic rings. The Balaban J connectivity index is 2.16. The van der Waals surface area contributed by atoms with Gasteiger partial charge < -0.3 is 5.32 Å². The molecule has 1 aliphatic carbocycles. The Kier molecular flexibility index (Phi) is 10.2. The van der Waals surface area contributed by atoms with Crippen molar-refractivity contribution in [3.05, 3.63) is 0 Å². The second-order valence-electron chi connectivity index (χ2n) is 7.31. The van der Waals surface area contributed by atoms with Gasteiger partial charge in [0.15, 0.2) is 0 Å². The van der Waals surface area contributed by atoms with Gasteiger partial charge in [-0.2, -0.15) is 0 Å². The van der Waals surface area contributed by atoms with Crippen molar-refractivity contribution in [1.82, 2.24) is 16.3 Å². The lowest BCUT2D eigenvalue weighted by Gasteiger charge is -2.23. The van der Waals surface area contributed by atoms with E-state index in [4.69, 9.17) is 9.68 Å². The van der Waals surface area contributed by atoms with Crippen molar-refractivity contribution in [1.29, 1.82) is 0 Å². The van der Waals surface area contributed by atoms with Gasteiger partial charge in [0.25, 0.3) is 0 Å². The SMILES string of the molecule is CC(C)C(=O)NO[C@H](C)CC(=O)NO[C@H](C)CC(=O)NC1CCCCC1. The van der Waals surface area contributed by atoms with Crippen LogP contribution < -0.4 is 16.3 Å². The lowest BCUT2D eigenvalue weighted by atomic mass is 9.95. The minimum atomic E-state index is -0.494. The predicted octanol–water partition coefficient (Wildman–Crippen LogP) is 1.74. The minimum absolute atomic E-state index is 0.0271. The summed E-state index contributed by atoms with van der Waals surface area (Å²) in [5.74, 6) is -0.881. The van der Waals surface area contributed by atoms with E-state index in [-0.39, 0.29) is 42.5 Å². The van der Waals surface area contributed by atoms with Gasteiger partial charge in [0.2, 0.25) is 17.7 Å². The monoisotopic (exact) mass is 371 g/mol. The highest BCUT2D eigenvalue weighted by Gasteiger charge is 2.18. The van der Waals surface area contributed by atoms with E-state index in [1.54, 1.807) is 27.7 Å². The molecule has 2 atom stereocenters. The number of hydrogen-bond acceptors (Lipinski definition) is 5. The molecule has 150 valence electrons. The molecule has 0 aromatic carbocycles. The first-order chi connectivity index (χ1) is 12.3. The van der Waals surface area contributed by atoms with Gasteiger partial charge in [0, 0.05) is 12.0 Å². The zero-order chi connectivity index (χ0) is 19.5. The third-order valence-electron chi connectivity index (χ3n) is 4.18. The maximum atomic E-state index is 12.0. The van der Waals surface area contributed by atoms with E-state index in [1.165, 1.54) is 6.42 Å². The van der Waals surface area contributed by atoms with Gasteiger partial charge >= 0.3 is 0 Å². The fourth-order valence-corrected chi connectivity index (χ4v) is 2.62. The molecule has 0 aliphatic heterocycles. The topological polar surface area (TPSA) is 106 Å². The summed E-state index contributed by atoms with van der Waals surface area (Å²) < 4.78 is 0. The van der Waals surface area contributed by atoms with Crippen LogP contribution in [0.25, 0.3) is 0 Å². The van der Waals surface area contributed by atoms with Crippen LogP contribution in [0.5, 0.6) is 0 Å². The van der Waals surface area contributed by atoms with E-state index in [0.717, 1.165) is 25.7 Å². The highest BCUT2D eigenvalue weighted by Crippen LogP contribution is 2.17. The molecule has 0 spiro atoms. The fraction of sp³-hybridized carbons (Fsp3) is 0.833. The largest absolute Gasteiger partial charge is 0.353 e. The van der Waals surface area contributed by atoms with Gasteiger partial charge in [-0.15, -0.1) is 0 Å². The molecule has 0 saturated heterocycles. The van der Waals surface area contributed by atoms with Crippen LogP contribution in [0.15, 0.2) is 0 Å². The molecule has 0 radical (unpaired) electrons. The van der Waals surface area contributed by atoms with Crippen LogP contribution in [-0.4, -0.2) is 36.0 Å². The molecule has 3 N–H and O–H groups in total. The maximum absolute atomic E-state index is 12.0. The van der Waals surface area contributed by atoms with E-state index in [9.17, 15) is 14.4 Å². The van der Waals surface area contributed by atoms with Crippen molar-refractivity contribution < 1.29 is 24.1 Å². The van der Waals surface area contributed by atoms with E-state index < -0.39 is 12.2 Å². The molecular formula is C18H33N3O5. The Morgan fingerprint density at radius 3 is 1.96 bits per heavy atom. The van der Waals surface area contributed by atoms with Crippen LogP contribution in [0.3, 0.4) is 0 Å². The summed E-state index contributed by atoms with van der Waals surface area (Å²) in [5, 5.41) is 3.01. The van der Waals surface area contributed by atoms with Crippen LogP contribution >= 0.6 is 0 Å². The first-order valence-corrected chi connectivity index (χ1v) is 9.47. The third-order valence-corrected chi connectivity index (χ3v) is 4.18. The number of hydroxylamine groups is 2. The van der Waals surface area contributed by atoms with Gasteiger partial charge in [-0.05, 0) is 26.7 Å². The van der Waals surface area contributed by atoms with E-state index in [0.29, 0.717) is 0 Å². The Bertz CT molecular complexity index is 464. The summed E-state index contributed by atoms with van der Waals surface area (Å²) in [6.45, 7) is 6.89.